The molecule has 0 saturated carbocycles. The summed E-state index contributed by atoms with van der Waals surface area (Å²) >= 11 is 0. The first-order valence-corrected chi connectivity index (χ1v) is 6.05. The fraction of sp³-hybridized carbons (Fsp3) is 0.462. The lowest BCUT2D eigenvalue weighted by Gasteiger charge is -2.21. The number of aliphatic carboxylic acids is 1. The van der Waals surface area contributed by atoms with E-state index in [1.807, 2.05) is 36.1 Å². The SMILES string of the molecule is CCOc1ccc(N2CCC(N)(C(=O)O)C2)cc1. The van der Waals surface area contributed by atoms with Gasteiger partial charge < -0.3 is 20.5 Å². The first-order chi connectivity index (χ1) is 8.55. The van der Waals surface area contributed by atoms with Crippen molar-refractivity contribution in [2.24, 2.45) is 5.73 Å². The summed E-state index contributed by atoms with van der Waals surface area (Å²) in [5.74, 6) is -0.117. The average Bonchev–Trinajstić information content (AvgIpc) is 2.75. The van der Waals surface area contributed by atoms with Gasteiger partial charge in [-0.15, -0.1) is 0 Å². The summed E-state index contributed by atoms with van der Waals surface area (Å²) in [6.45, 7) is 3.57. The van der Waals surface area contributed by atoms with Crippen LogP contribution in [0.15, 0.2) is 24.3 Å². The number of benzene rings is 1. The van der Waals surface area contributed by atoms with Gasteiger partial charge in [0.1, 0.15) is 11.3 Å². The molecule has 0 amide bonds. The first kappa shape index (κ1) is 12.7. The normalized spacial score (nSPS) is 23.1. The topological polar surface area (TPSA) is 75.8 Å². The number of carboxylic acids is 1. The molecule has 1 aromatic rings. The average molecular weight is 250 g/mol. The second-order valence-electron chi connectivity index (χ2n) is 4.56. The van der Waals surface area contributed by atoms with Crippen LogP contribution in [0.2, 0.25) is 0 Å². The zero-order chi connectivity index (χ0) is 13.2. The molecule has 18 heavy (non-hydrogen) atoms. The van der Waals surface area contributed by atoms with E-state index in [0.717, 1.165) is 11.4 Å². The Labute approximate surface area is 106 Å². The van der Waals surface area contributed by atoms with Crippen LogP contribution in [-0.2, 0) is 4.79 Å². The third-order valence-corrected chi connectivity index (χ3v) is 3.24. The number of anilines is 1. The zero-order valence-electron chi connectivity index (χ0n) is 10.4. The van der Waals surface area contributed by atoms with E-state index in [1.54, 1.807) is 0 Å². The maximum atomic E-state index is 11.1. The molecule has 1 aromatic carbocycles. The predicted octanol–water partition coefficient (Wildman–Crippen LogP) is 1.08. The fourth-order valence-corrected chi connectivity index (χ4v) is 2.15. The van der Waals surface area contributed by atoms with Gasteiger partial charge in [0.25, 0.3) is 0 Å². The van der Waals surface area contributed by atoms with Gasteiger partial charge in [-0.05, 0) is 37.6 Å². The van der Waals surface area contributed by atoms with Crippen LogP contribution in [0.1, 0.15) is 13.3 Å². The summed E-state index contributed by atoms with van der Waals surface area (Å²) in [6.07, 6.45) is 0.468. The molecule has 1 aliphatic heterocycles. The van der Waals surface area contributed by atoms with E-state index in [0.29, 0.717) is 26.1 Å². The lowest BCUT2D eigenvalue weighted by atomic mass is 10.0. The number of ether oxygens (including phenoxy) is 1. The summed E-state index contributed by atoms with van der Waals surface area (Å²) in [6, 6.07) is 7.63. The Morgan fingerprint density at radius 1 is 1.50 bits per heavy atom. The molecule has 2 rings (SSSR count). The molecule has 0 aliphatic carbocycles. The summed E-state index contributed by atoms with van der Waals surface area (Å²) < 4.78 is 5.37. The molecule has 1 atom stereocenters. The van der Waals surface area contributed by atoms with E-state index in [1.165, 1.54) is 0 Å². The van der Waals surface area contributed by atoms with E-state index >= 15 is 0 Å². The highest BCUT2D eigenvalue weighted by Crippen LogP contribution is 2.27. The van der Waals surface area contributed by atoms with Gasteiger partial charge in [-0.1, -0.05) is 0 Å². The molecule has 5 nitrogen and oxygen atoms in total. The Morgan fingerprint density at radius 3 is 2.67 bits per heavy atom. The molecular weight excluding hydrogens is 232 g/mol. The minimum atomic E-state index is -1.13. The second kappa shape index (κ2) is 4.86. The summed E-state index contributed by atoms with van der Waals surface area (Å²) in [5.41, 5.74) is 5.69. The zero-order valence-corrected chi connectivity index (χ0v) is 10.4. The number of rotatable bonds is 4. The highest BCUT2D eigenvalue weighted by molar-refractivity contribution is 5.80. The quantitative estimate of drug-likeness (QED) is 0.836. The number of nitrogens with two attached hydrogens (primary N) is 1. The molecule has 5 heteroatoms. The Hall–Kier alpha value is -1.75. The van der Waals surface area contributed by atoms with Crippen molar-refractivity contribution in [1.82, 2.24) is 0 Å². The van der Waals surface area contributed by atoms with Gasteiger partial charge in [0.2, 0.25) is 0 Å². The maximum absolute atomic E-state index is 11.1. The van der Waals surface area contributed by atoms with Crippen LogP contribution in [0.5, 0.6) is 5.75 Å². The Balaban J connectivity index is 2.07. The molecule has 1 fully saturated rings. The van der Waals surface area contributed by atoms with Gasteiger partial charge in [0.15, 0.2) is 0 Å². The van der Waals surface area contributed by atoms with Crippen LogP contribution in [0.25, 0.3) is 0 Å². The van der Waals surface area contributed by atoms with Crippen molar-refractivity contribution in [3.63, 3.8) is 0 Å². The highest BCUT2D eigenvalue weighted by atomic mass is 16.5. The highest BCUT2D eigenvalue weighted by Gasteiger charge is 2.41. The summed E-state index contributed by atoms with van der Waals surface area (Å²) in [5, 5.41) is 9.08. The van der Waals surface area contributed by atoms with E-state index in [9.17, 15) is 4.79 Å². The molecule has 0 spiro atoms. The van der Waals surface area contributed by atoms with Crippen molar-refractivity contribution in [2.45, 2.75) is 18.9 Å². The van der Waals surface area contributed by atoms with Crippen LogP contribution in [0.3, 0.4) is 0 Å². The van der Waals surface area contributed by atoms with E-state index in [4.69, 9.17) is 15.6 Å². The third kappa shape index (κ3) is 2.41. The number of hydrogen-bond donors (Lipinski definition) is 2. The Kier molecular flexibility index (Phi) is 3.43. The Morgan fingerprint density at radius 2 is 2.17 bits per heavy atom. The van der Waals surface area contributed by atoms with Crippen molar-refractivity contribution in [3.8, 4) is 5.75 Å². The number of carbonyl (C=O) groups is 1. The monoisotopic (exact) mass is 250 g/mol. The molecule has 98 valence electrons. The summed E-state index contributed by atoms with van der Waals surface area (Å²) in [4.78, 5) is 13.1. The molecular formula is C13H18N2O3. The smallest absolute Gasteiger partial charge is 0.325 e. The lowest BCUT2D eigenvalue weighted by molar-refractivity contribution is -0.142. The van der Waals surface area contributed by atoms with Gasteiger partial charge in [0, 0.05) is 18.8 Å². The van der Waals surface area contributed by atoms with Crippen molar-refractivity contribution in [3.05, 3.63) is 24.3 Å². The minimum absolute atomic E-state index is 0.344. The van der Waals surface area contributed by atoms with Gasteiger partial charge >= 0.3 is 5.97 Å². The van der Waals surface area contributed by atoms with Gasteiger partial charge in [-0.2, -0.15) is 0 Å². The van der Waals surface area contributed by atoms with Crippen LogP contribution in [0.4, 0.5) is 5.69 Å². The molecule has 3 N–H and O–H groups in total. The number of hydrogen-bond acceptors (Lipinski definition) is 4. The maximum Gasteiger partial charge on any atom is 0.325 e. The standard InChI is InChI=1S/C13H18N2O3/c1-2-18-11-5-3-10(4-6-11)15-8-7-13(14,9-15)12(16)17/h3-6H,2,7-9,14H2,1H3,(H,16,17). The van der Waals surface area contributed by atoms with Crippen molar-refractivity contribution >= 4 is 11.7 Å². The van der Waals surface area contributed by atoms with E-state index in [-0.39, 0.29) is 0 Å². The Bertz CT molecular complexity index is 432. The molecule has 1 saturated heterocycles. The van der Waals surface area contributed by atoms with E-state index < -0.39 is 11.5 Å². The molecule has 1 heterocycles. The fourth-order valence-electron chi connectivity index (χ4n) is 2.15. The minimum Gasteiger partial charge on any atom is -0.494 e. The van der Waals surface area contributed by atoms with Crippen LogP contribution in [0, 0.1) is 0 Å². The van der Waals surface area contributed by atoms with E-state index in [2.05, 4.69) is 0 Å². The third-order valence-electron chi connectivity index (χ3n) is 3.24. The van der Waals surface area contributed by atoms with Crippen molar-refractivity contribution < 1.29 is 14.6 Å². The van der Waals surface area contributed by atoms with Crippen molar-refractivity contribution in [1.29, 1.82) is 0 Å². The van der Waals surface area contributed by atoms with Gasteiger partial charge in [-0.25, -0.2) is 0 Å². The van der Waals surface area contributed by atoms with Crippen molar-refractivity contribution in [2.75, 3.05) is 24.6 Å². The molecule has 0 aromatic heterocycles. The van der Waals surface area contributed by atoms with Crippen LogP contribution < -0.4 is 15.4 Å². The molecule has 1 unspecified atom stereocenters. The summed E-state index contributed by atoms with van der Waals surface area (Å²) in [7, 11) is 0. The largest absolute Gasteiger partial charge is 0.494 e. The van der Waals surface area contributed by atoms with Gasteiger partial charge in [0.05, 0.1) is 6.61 Å². The molecule has 1 aliphatic rings. The lowest BCUT2D eigenvalue weighted by Crippen LogP contribution is -2.50. The predicted molar refractivity (Wildman–Crippen MR) is 69.0 cm³/mol. The van der Waals surface area contributed by atoms with Crippen LogP contribution in [-0.4, -0.2) is 36.3 Å². The first-order valence-electron chi connectivity index (χ1n) is 6.05. The number of carboxylic acid groups (broad SMARTS) is 1. The molecule has 0 radical (unpaired) electrons. The molecule has 0 bridgehead atoms. The van der Waals surface area contributed by atoms with Gasteiger partial charge in [-0.3, -0.25) is 4.79 Å². The second-order valence-corrected chi connectivity index (χ2v) is 4.56. The number of nitrogens with zero attached hydrogens (tertiary/aromatic N) is 1. The van der Waals surface area contributed by atoms with Crippen LogP contribution >= 0.6 is 0 Å².